The van der Waals surface area contributed by atoms with E-state index in [1.54, 1.807) is 46.8 Å². The smallest absolute Gasteiger partial charge is 0.493 e. The van der Waals surface area contributed by atoms with Crippen LogP contribution < -0.4 is 8.92 Å². The number of aliphatic carboxylic acids is 1. The Hall–Kier alpha value is -2.79. The lowest BCUT2D eigenvalue weighted by atomic mass is 9.86. The predicted octanol–water partition coefficient (Wildman–Crippen LogP) is 5.46. The summed E-state index contributed by atoms with van der Waals surface area (Å²) in [5.41, 5.74) is -4.60. The quantitative estimate of drug-likeness (QED) is 0.402. The van der Waals surface area contributed by atoms with E-state index in [-0.39, 0.29) is 11.1 Å². The van der Waals surface area contributed by atoms with E-state index in [1.807, 2.05) is 0 Å². The summed E-state index contributed by atoms with van der Waals surface area (Å²) in [6.07, 6.45) is -0.267. The molecule has 0 saturated heterocycles. The third-order valence-electron chi connectivity index (χ3n) is 5.52. The first kappa shape index (κ1) is 26.8. The van der Waals surface area contributed by atoms with Crippen LogP contribution in [0.2, 0.25) is 0 Å². The highest BCUT2D eigenvalue weighted by Gasteiger charge is 2.49. The molecule has 35 heavy (non-hydrogen) atoms. The van der Waals surface area contributed by atoms with Crippen molar-refractivity contribution in [3.8, 4) is 22.6 Å². The third kappa shape index (κ3) is 5.56. The number of hydrogen-bond acceptors (Lipinski definition) is 6. The summed E-state index contributed by atoms with van der Waals surface area (Å²) >= 11 is 0. The fourth-order valence-electron chi connectivity index (χ4n) is 4.02. The number of fused-ring (bicyclic) bond motifs is 1. The molecular formula is C24H27F3O7S. The molecule has 192 valence electrons. The highest BCUT2D eigenvalue weighted by Crippen LogP contribution is 2.45. The summed E-state index contributed by atoms with van der Waals surface area (Å²) in [5, 5.41) is 10.0. The molecule has 0 bridgehead atoms. The van der Waals surface area contributed by atoms with Gasteiger partial charge in [-0.05, 0) is 81.8 Å². The van der Waals surface area contributed by atoms with Gasteiger partial charge in [0.05, 0.1) is 12.2 Å². The Morgan fingerprint density at radius 3 is 2.34 bits per heavy atom. The van der Waals surface area contributed by atoms with E-state index < -0.39 is 39.1 Å². The third-order valence-corrected chi connectivity index (χ3v) is 6.49. The second kappa shape index (κ2) is 9.34. The first-order valence-corrected chi connectivity index (χ1v) is 12.2. The first-order chi connectivity index (χ1) is 16.0. The molecule has 0 saturated carbocycles. The molecule has 1 atom stereocenters. The van der Waals surface area contributed by atoms with E-state index in [2.05, 4.69) is 4.18 Å². The molecule has 7 nitrogen and oxygen atoms in total. The average molecular weight is 517 g/mol. The van der Waals surface area contributed by atoms with Gasteiger partial charge in [0.1, 0.15) is 5.75 Å². The van der Waals surface area contributed by atoms with Gasteiger partial charge >= 0.3 is 21.6 Å². The Labute approximate surface area is 201 Å². The molecule has 0 spiro atoms. The van der Waals surface area contributed by atoms with Crippen LogP contribution in [0, 0.1) is 13.8 Å². The molecule has 1 aliphatic heterocycles. The first-order valence-electron chi connectivity index (χ1n) is 10.8. The van der Waals surface area contributed by atoms with E-state index in [9.17, 15) is 31.5 Å². The number of benzene rings is 2. The van der Waals surface area contributed by atoms with Gasteiger partial charge in [-0.3, -0.25) is 0 Å². The van der Waals surface area contributed by atoms with Gasteiger partial charge in [0.15, 0.2) is 11.9 Å². The molecule has 0 aromatic heterocycles. The average Bonchev–Trinajstić information content (AvgIpc) is 2.72. The van der Waals surface area contributed by atoms with Crippen molar-refractivity contribution in [3.63, 3.8) is 0 Å². The van der Waals surface area contributed by atoms with Crippen molar-refractivity contribution in [1.82, 2.24) is 0 Å². The van der Waals surface area contributed by atoms with Crippen molar-refractivity contribution in [3.05, 3.63) is 46.5 Å². The van der Waals surface area contributed by atoms with E-state index in [0.717, 1.165) is 11.6 Å². The molecule has 0 fully saturated rings. The minimum Gasteiger partial charge on any atom is -0.493 e. The van der Waals surface area contributed by atoms with Gasteiger partial charge in [0.25, 0.3) is 0 Å². The molecule has 0 aliphatic carbocycles. The van der Waals surface area contributed by atoms with Gasteiger partial charge in [-0.15, -0.1) is 0 Å². The maximum atomic E-state index is 13.2. The van der Waals surface area contributed by atoms with Gasteiger partial charge in [-0.1, -0.05) is 12.1 Å². The predicted molar refractivity (Wildman–Crippen MR) is 122 cm³/mol. The Bertz CT molecular complexity index is 1250. The lowest BCUT2D eigenvalue weighted by Gasteiger charge is -2.29. The van der Waals surface area contributed by atoms with Crippen molar-refractivity contribution in [2.45, 2.75) is 64.7 Å². The topological polar surface area (TPSA) is 99.1 Å². The molecule has 1 aliphatic rings. The number of alkyl halides is 3. The summed E-state index contributed by atoms with van der Waals surface area (Å²) in [6.45, 7) is 8.70. The van der Waals surface area contributed by atoms with Crippen molar-refractivity contribution in [2.24, 2.45) is 0 Å². The summed E-state index contributed by atoms with van der Waals surface area (Å²) in [5.74, 6) is -1.43. The van der Waals surface area contributed by atoms with Gasteiger partial charge in [-0.25, -0.2) is 4.79 Å². The summed E-state index contributed by atoms with van der Waals surface area (Å²) < 4.78 is 79.5. The van der Waals surface area contributed by atoms with Crippen LogP contribution >= 0.6 is 0 Å². The molecule has 3 rings (SSSR count). The molecule has 11 heteroatoms. The van der Waals surface area contributed by atoms with Crippen molar-refractivity contribution in [1.29, 1.82) is 0 Å². The SMILES string of the molecule is Cc1ccc(OS(=O)(=O)C(F)(F)F)c(-c2ccc3c(c2C)CCCO3)c1[C@H](OC(C)(C)C)C(=O)O. The highest BCUT2D eigenvalue weighted by molar-refractivity contribution is 7.88. The monoisotopic (exact) mass is 516 g/mol. The zero-order chi connectivity index (χ0) is 26.3. The summed E-state index contributed by atoms with van der Waals surface area (Å²) in [7, 11) is -6.04. The standard InChI is InChI=1S/C24H27F3O7S/c1-13-8-10-18(34-35(30,31)24(25,26)27)20(19(13)21(22(28)29)33-23(3,4)5)16-9-11-17-15(14(16)2)7-6-12-32-17/h8-11,21H,6-7,12H2,1-5H3,(H,28,29)/t21-/m0/s1. The molecule has 0 amide bonds. The number of rotatable bonds is 6. The van der Waals surface area contributed by atoms with Gasteiger partial charge in [-0.2, -0.15) is 21.6 Å². The Kier molecular flexibility index (Phi) is 7.16. The Balaban J connectivity index is 2.38. The Morgan fingerprint density at radius 2 is 1.77 bits per heavy atom. The number of hydrogen-bond donors (Lipinski definition) is 1. The number of carboxylic acids is 1. The van der Waals surface area contributed by atoms with E-state index in [4.69, 9.17) is 9.47 Å². The van der Waals surface area contributed by atoms with Crippen LogP contribution in [-0.4, -0.2) is 37.2 Å². The second-order valence-electron chi connectivity index (χ2n) is 9.27. The minimum absolute atomic E-state index is 0.00192. The second-order valence-corrected chi connectivity index (χ2v) is 10.8. The summed E-state index contributed by atoms with van der Waals surface area (Å²) in [6, 6.07) is 5.58. The normalized spacial score (nSPS) is 15.2. The number of carbonyl (C=O) groups is 1. The van der Waals surface area contributed by atoms with Gasteiger partial charge in [0, 0.05) is 11.1 Å². The van der Waals surface area contributed by atoms with E-state index >= 15 is 0 Å². The molecule has 0 unspecified atom stereocenters. The van der Waals surface area contributed by atoms with Crippen molar-refractivity contribution < 1.29 is 45.1 Å². The number of carboxylic acid groups (broad SMARTS) is 1. The highest BCUT2D eigenvalue weighted by atomic mass is 32.2. The fraction of sp³-hybridized carbons (Fsp3) is 0.458. The lowest BCUT2D eigenvalue weighted by molar-refractivity contribution is -0.160. The van der Waals surface area contributed by atoms with E-state index in [0.29, 0.717) is 41.9 Å². The zero-order valence-electron chi connectivity index (χ0n) is 19.9. The molecular weight excluding hydrogens is 489 g/mol. The number of ether oxygens (including phenoxy) is 2. The van der Waals surface area contributed by atoms with Crippen LogP contribution in [0.3, 0.4) is 0 Å². The maximum Gasteiger partial charge on any atom is 0.534 e. The molecule has 1 N–H and O–H groups in total. The van der Waals surface area contributed by atoms with Crippen LogP contribution in [0.5, 0.6) is 11.5 Å². The lowest BCUT2D eigenvalue weighted by Crippen LogP contribution is -2.30. The largest absolute Gasteiger partial charge is 0.534 e. The van der Waals surface area contributed by atoms with Gasteiger partial charge in [0.2, 0.25) is 0 Å². The van der Waals surface area contributed by atoms with Crippen LogP contribution in [0.1, 0.15) is 55.5 Å². The summed E-state index contributed by atoms with van der Waals surface area (Å²) in [4.78, 5) is 12.3. The fourth-order valence-corrected chi connectivity index (χ4v) is 4.49. The number of aryl methyl sites for hydroxylation is 1. The number of halogens is 3. The molecule has 1 heterocycles. The van der Waals surface area contributed by atoms with E-state index in [1.165, 1.54) is 6.07 Å². The van der Waals surface area contributed by atoms with Crippen LogP contribution in [-0.2, 0) is 26.1 Å². The maximum absolute atomic E-state index is 13.2. The zero-order valence-corrected chi connectivity index (χ0v) is 20.8. The minimum atomic E-state index is -6.04. The Morgan fingerprint density at radius 1 is 1.11 bits per heavy atom. The van der Waals surface area contributed by atoms with Crippen LogP contribution in [0.4, 0.5) is 13.2 Å². The van der Waals surface area contributed by atoms with Crippen LogP contribution in [0.25, 0.3) is 11.1 Å². The molecule has 0 radical (unpaired) electrons. The van der Waals surface area contributed by atoms with Crippen molar-refractivity contribution in [2.75, 3.05) is 6.61 Å². The molecule has 2 aromatic carbocycles. The van der Waals surface area contributed by atoms with Crippen molar-refractivity contribution >= 4 is 16.1 Å². The van der Waals surface area contributed by atoms with Gasteiger partial charge < -0.3 is 18.8 Å². The molecule has 2 aromatic rings. The van der Waals surface area contributed by atoms with Crippen LogP contribution in [0.15, 0.2) is 24.3 Å².